The smallest absolute Gasteiger partial charge is 0.281 e. The van der Waals surface area contributed by atoms with E-state index >= 15 is 4.39 Å². The van der Waals surface area contributed by atoms with Crippen molar-refractivity contribution < 1.29 is 27.9 Å². The van der Waals surface area contributed by atoms with Crippen LogP contribution in [0.4, 0.5) is 18.9 Å². The second kappa shape index (κ2) is 10.9. The maximum absolute atomic E-state index is 15.1. The molecule has 0 radical (unpaired) electrons. The minimum Gasteiger partial charge on any atom is -0.372 e. The molecule has 1 aromatic heterocycles. The van der Waals surface area contributed by atoms with Crippen LogP contribution in [0.3, 0.4) is 0 Å². The number of fused-ring (bicyclic) bond motifs is 1. The number of alkyl halides is 2. The lowest BCUT2D eigenvalue weighted by atomic mass is 9.85. The third kappa shape index (κ3) is 4.80. The number of rotatable bonds is 6. The molecule has 2 amide bonds. The van der Waals surface area contributed by atoms with E-state index < -0.39 is 35.4 Å². The van der Waals surface area contributed by atoms with Crippen molar-refractivity contribution in [2.75, 3.05) is 11.4 Å². The molecule has 11 heteroatoms. The molecule has 1 unspecified atom stereocenters. The molecule has 2 heterocycles. The number of amides is 2. The number of halogens is 4. The van der Waals surface area contributed by atoms with Crippen molar-refractivity contribution in [2.45, 2.75) is 43.8 Å². The van der Waals surface area contributed by atoms with E-state index in [1.54, 1.807) is 30.3 Å². The van der Waals surface area contributed by atoms with E-state index in [1.807, 2.05) is 0 Å². The topological polar surface area (TPSA) is 106 Å². The molecular weight excluding hydrogens is 545 g/mol. The highest BCUT2D eigenvalue weighted by Gasteiger charge is 2.52. The van der Waals surface area contributed by atoms with Crippen molar-refractivity contribution in [3.8, 4) is 6.07 Å². The normalized spacial score (nSPS) is 22.2. The van der Waals surface area contributed by atoms with E-state index in [-0.39, 0.29) is 45.8 Å². The van der Waals surface area contributed by atoms with Gasteiger partial charge in [0, 0.05) is 29.9 Å². The van der Waals surface area contributed by atoms with Gasteiger partial charge in [0.05, 0.1) is 21.8 Å². The number of pyridine rings is 1. The zero-order valence-electron chi connectivity index (χ0n) is 21.1. The fourth-order valence-electron chi connectivity index (χ4n) is 5.59. The molecule has 1 atom stereocenters. The summed E-state index contributed by atoms with van der Waals surface area (Å²) in [6.45, 7) is 0.256. The highest BCUT2D eigenvalue weighted by Crippen LogP contribution is 2.46. The molecule has 40 heavy (non-hydrogen) atoms. The van der Waals surface area contributed by atoms with E-state index in [0.29, 0.717) is 31.4 Å². The summed E-state index contributed by atoms with van der Waals surface area (Å²) >= 11 is 5.87. The molecule has 1 aliphatic heterocycles. The van der Waals surface area contributed by atoms with Crippen LogP contribution in [0.5, 0.6) is 0 Å². The molecule has 0 bridgehead atoms. The molecule has 2 aliphatic rings. The number of benzene rings is 2. The van der Waals surface area contributed by atoms with Gasteiger partial charge in [0.2, 0.25) is 0 Å². The first kappa shape index (κ1) is 27.6. The van der Waals surface area contributed by atoms with Crippen molar-refractivity contribution in [1.29, 1.82) is 5.26 Å². The predicted octanol–water partition coefficient (Wildman–Crippen LogP) is 5.25. The molecule has 7 nitrogen and oxygen atoms in total. The third-order valence-electron chi connectivity index (χ3n) is 7.61. The van der Waals surface area contributed by atoms with Crippen LogP contribution in [0.2, 0.25) is 5.02 Å². The largest absolute Gasteiger partial charge is 0.372 e. The van der Waals surface area contributed by atoms with Gasteiger partial charge in [-0.15, -0.1) is 0 Å². The molecule has 3 aromatic rings. The predicted molar refractivity (Wildman–Crippen MR) is 140 cm³/mol. The Balaban J connectivity index is 1.30. The minimum absolute atomic E-state index is 0.00672. The van der Waals surface area contributed by atoms with Crippen LogP contribution >= 0.6 is 11.6 Å². The van der Waals surface area contributed by atoms with Crippen LogP contribution in [-0.2, 0) is 10.4 Å². The van der Waals surface area contributed by atoms with Crippen molar-refractivity contribution in [3.63, 3.8) is 0 Å². The first-order valence-electron chi connectivity index (χ1n) is 12.7. The van der Waals surface area contributed by atoms with Gasteiger partial charge in [-0.2, -0.15) is 5.26 Å². The van der Waals surface area contributed by atoms with Gasteiger partial charge in [0.25, 0.3) is 18.2 Å². The average Bonchev–Trinajstić information content (AvgIpc) is 3.16. The molecule has 2 aromatic carbocycles. The fourth-order valence-corrected chi connectivity index (χ4v) is 5.75. The number of carbonyl (C=O) groups excluding carboxylic acids is 2. The Kier molecular flexibility index (Phi) is 7.53. The van der Waals surface area contributed by atoms with Crippen molar-refractivity contribution in [3.05, 3.63) is 93.5 Å². The number of nitriles is 1. The maximum atomic E-state index is 15.1. The average molecular weight is 569 g/mol. The lowest BCUT2D eigenvalue weighted by Gasteiger charge is -2.32. The van der Waals surface area contributed by atoms with Gasteiger partial charge in [-0.1, -0.05) is 41.9 Å². The quantitative estimate of drug-likeness (QED) is 0.422. The molecule has 206 valence electrons. The number of nitrogens with one attached hydrogen (secondary N) is 1. The number of aliphatic hydroxyl groups is 1. The Morgan fingerprint density at radius 3 is 2.58 bits per heavy atom. The summed E-state index contributed by atoms with van der Waals surface area (Å²) in [5, 5.41) is 23.8. The third-order valence-corrected chi connectivity index (χ3v) is 7.81. The lowest BCUT2D eigenvalue weighted by Crippen LogP contribution is -2.45. The Bertz CT molecular complexity index is 1520. The number of anilines is 1. The second-order valence-electron chi connectivity index (χ2n) is 10.0. The monoisotopic (exact) mass is 568 g/mol. The summed E-state index contributed by atoms with van der Waals surface area (Å²) < 4.78 is 41.8. The van der Waals surface area contributed by atoms with Gasteiger partial charge >= 0.3 is 0 Å². The highest BCUT2D eigenvalue weighted by atomic mass is 35.5. The standard InChI is InChI=1S/C29H24ClF3N4O3/c30-18-12-20(25(26(32)33)35-14-18)27(38)36-19-10-8-16(9-11-19)15-37-23-7-2-1-5-21(23)29(40,28(37)39)22-6-3-4-17(13-34)24(22)31/h1-7,12,14,16,19,26,40H,8-11,15H2,(H,36,38). The van der Waals surface area contributed by atoms with Gasteiger partial charge < -0.3 is 15.3 Å². The van der Waals surface area contributed by atoms with Crippen LogP contribution < -0.4 is 10.2 Å². The van der Waals surface area contributed by atoms with E-state index in [2.05, 4.69) is 10.3 Å². The van der Waals surface area contributed by atoms with Crippen LogP contribution in [0.25, 0.3) is 0 Å². The summed E-state index contributed by atoms with van der Waals surface area (Å²) in [5.74, 6) is -2.32. The van der Waals surface area contributed by atoms with Gasteiger partial charge in [-0.3, -0.25) is 14.6 Å². The summed E-state index contributed by atoms with van der Waals surface area (Å²) in [5.41, 5.74) is -3.05. The van der Waals surface area contributed by atoms with Crippen molar-refractivity contribution >= 4 is 29.1 Å². The Hall–Kier alpha value is -3.94. The number of para-hydroxylation sites is 1. The van der Waals surface area contributed by atoms with E-state index in [9.17, 15) is 28.7 Å². The zero-order chi connectivity index (χ0) is 28.6. The summed E-state index contributed by atoms with van der Waals surface area (Å²) in [6.07, 6.45) is 0.455. The van der Waals surface area contributed by atoms with Gasteiger partial charge in [-0.25, -0.2) is 13.2 Å². The van der Waals surface area contributed by atoms with Gasteiger partial charge in [0.15, 0.2) is 5.60 Å². The number of aromatic nitrogens is 1. The molecule has 1 fully saturated rings. The molecule has 0 saturated heterocycles. The second-order valence-corrected chi connectivity index (χ2v) is 10.4. The fraction of sp³-hybridized carbons (Fsp3) is 0.310. The van der Waals surface area contributed by atoms with Crippen LogP contribution in [0.15, 0.2) is 54.7 Å². The van der Waals surface area contributed by atoms with Gasteiger partial charge in [0.1, 0.15) is 17.6 Å². The lowest BCUT2D eigenvalue weighted by molar-refractivity contribution is -0.132. The number of hydrogen-bond acceptors (Lipinski definition) is 5. The molecule has 2 N–H and O–H groups in total. The Labute approximate surface area is 233 Å². The summed E-state index contributed by atoms with van der Waals surface area (Å²) in [4.78, 5) is 31.5. The van der Waals surface area contributed by atoms with E-state index in [0.717, 1.165) is 6.20 Å². The van der Waals surface area contributed by atoms with Crippen LogP contribution in [0.1, 0.15) is 64.9 Å². The molecule has 1 aliphatic carbocycles. The van der Waals surface area contributed by atoms with Crippen molar-refractivity contribution in [2.24, 2.45) is 5.92 Å². The first-order valence-corrected chi connectivity index (χ1v) is 13.1. The number of hydrogen-bond donors (Lipinski definition) is 2. The van der Waals surface area contributed by atoms with E-state index in [1.165, 1.54) is 29.2 Å². The van der Waals surface area contributed by atoms with Crippen molar-refractivity contribution in [1.82, 2.24) is 10.3 Å². The summed E-state index contributed by atoms with van der Waals surface area (Å²) in [7, 11) is 0. The number of carbonyl (C=O) groups is 2. The maximum Gasteiger partial charge on any atom is 0.281 e. The Morgan fingerprint density at radius 2 is 1.88 bits per heavy atom. The SMILES string of the molecule is N#Cc1cccc(C2(O)C(=O)N(CC3CCC(NC(=O)c4cc(Cl)cnc4C(F)F)CC3)c3ccccc32)c1F. The number of nitrogens with zero attached hydrogens (tertiary/aromatic N) is 3. The van der Waals surface area contributed by atoms with E-state index in [4.69, 9.17) is 11.6 Å². The van der Waals surface area contributed by atoms with Crippen LogP contribution in [-0.4, -0.2) is 34.5 Å². The summed E-state index contributed by atoms with van der Waals surface area (Å²) in [6, 6.07) is 13.3. The first-order chi connectivity index (χ1) is 19.1. The molecule has 0 spiro atoms. The molecule has 1 saturated carbocycles. The molecular formula is C29H24ClF3N4O3. The minimum atomic E-state index is -2.93. The zero-order valence-corrected chi connectivity index (χ0v) is 21.8. The van der Waals surface area contributed by atoms with Crippen LogP contribution in [0, 0.1) is 23.1 Å². The Morgan fingerprint density at radius 1 is 1.18 bits per heavy atom. The highest BCUT2D eigenvalue weighted by molar-refractivity contribution is 6.30. The van der Waals surface area contributed by atoms with Gasteiger partial charge in [-0.05, 0) is 49.8 Å². The molecule has 5 rings (SSSR count).